The molecule has 3 aromatic heterocycles. The second-order valence-corrected chi connectivity index (χ2v) is 10.0. The summed E-state index contributed by atoms with van der Waals surface area (Å²) in [5.41, 5.74) is 2.85. The Labute approximate surface area is 212 Å². The molecule has 1 aliphatic heterocycles. The molecule has 1 fully saturated rings. The van der Waals surface area contributed by atoms with E-state index in [0.29, 0.717) is 44.8 Å². The van der Waals surface area contributed by atoms with Crippen LogP contribution in [0.25, 0.3) is 16.7 Å². The van der Waals surface area contributed by atoms with E-state index in [4.69, 9.17) is 23.2 Å². The third kappa shape index (κ3) is 4.53. The average molecular weight is 513 g/mol. The Bertz CT molecular complexity index is 1440. The van der Waals surface area contributed by atoms with Crippen LogP contribution in [0.2, 0.25) is 10.0 Å². The lowest BCUT2D eigenvalue weighted by Gasteiger charge is -2.17. The van der Waals surface area contributed by atoms with Gasteiger partial charge in [-0.15, -0.1) is 0 Å². The number of phenols is 1. The van der Waals surface area contributed by atoms with Crippen LogP contribution < -0.4 is 5.56 Å². The number of likely N-dealkylation sites (tertiary alicyclic amines) is 1. The molecule has 0 bridgehead atoms. The van der Waals surface area contributed by atoms with Crippen molar-refractivity contribution in [2.24, 2.45) is 0 Å². The number of nitrogens with zero attached hydrogens (tertiary/aromatic N) is 5. The van der Waals surface area contributed by atoms with Gasteiger partial charge in [-0.3, -0.25) is 24.3 Å². The molecule has 8 nitrogen and oxygen atoms in total. The maximum absolute atomic E-state index is 13.1. The fourth-order valence-corrected chi connectivity index (χ4v) is 5.20. The highest BCUT2D eigenvalue weighted by Crippen LogP contribution is 2.32. The van der Waals surface area contributed by atoms with Gasteiger partial charge in [-0.1, -0.05) is 49.2 Å². The third-order valence-electron chi connectivity index (χ3n) is 6.42. The fourth-order valence-electron chi connectivity index (χ4n) is 4.67. The minimum absolute atomic E-state index is 0.0392. The summed E-state index contributed by atoms with van der Waals surface area (Å²) in [6.07, 6.45) is 5.63. The van der Waals surface area contributed by atoms with Crippen LogP contribution in [0.15, 0.2) is 35.4 Å². The Kier molecular flexibility index (Phi) is 6.53. The molecule has 1 aliphatic rings. The van der Waals surface area contributed by atoms with Crippen molar-refractivity contribution < 1.29 is 5.11 Å². The Morgan fingerprint density at radius 3 is 2.51 bits per heavy atom. The number of aromatic nitrogens is 5. The zero-order valence-electron chi connectivity index (χ0n) is 19.6. The summed E-state index contributed by atoms with van der Waals surface area (Å²) in [7, 11) is 0. The van der Waals surface area contributed by atoms with E-state index in [0.717, 1.165) is 24.2 Å². The van der Waals surface area contributed by atoms with Gasteiger partial charge in [-0.2, -0.15) is 10.1 Å². The maximum atomic E-state index is 13.1. The van der Waals surface area contributed by atoms with Crippen molar-refractivity contribution in [3.05, 3.63) is 73.6 Å². The Balaban J connectivity index is 1.62. The van der Waals surface area contributed by atoms with Crippen LogP contribution in [-0.2, 0) is 13.0 Å². The lowest BCUT2D eigenvalue weighted by molar-refractivity contribution is 0.324. The summed E-state index contributed by atoms with van der Waals surface area (Å²) in [5, 5.41) is 19.2. The standard InChI is InChI=1S/C25H26Cl2N6O2/c1-14(2)22-21-24(31-30-22)33(23-17(26)11-28-12-18(23)27)20(29-25(21)35)10-15-5-6-16(19(34)9-15)13-32-7-3-4-8-32/h5-6,9,11-12,14,34H,3-4,7-8,10,13H2,1-2H3,(H,30,31). The molecule has 5 rings (SSSR count). The lowest BCUT2D eigenvalue weighted by atomic mass is 10.1. The molecule has 0 saturated carbocycles. The lowest BCUT2D eigenvalue weighted by Crippen LogP contribution is -2.20. The number of fused-ring (bicyclic) bond motifs is 1. The van der Waals surface area contributed by atoms with Crippen LogP contribution >= 0.6 is 23.2 Å². The van der Waals surface area contributed by atoms with Crippen LogP contribution in [0.4, 0.5) is 0 Å². The van der Waals surface area contributed by atoms with Gasteiger partial charge in [-0.25, -0.2) is 0 Å². The molecule has 10 heteroatoms. The minimum Gasteiger partial charge on any atom is -0.508 e. The van der Waals surface area contributed by atoms with Gasteiger partial charge in [0.15, 0.2) is 5.65 Å². The molecule has 0 amide bonds. The zero-order valence-corrected chi connectivity index (χ0v) is 21.1. The number of pyridine rings is 1. The first kappa shape index (κ1) is 23.8. The summed E-state index contributed by atoms with van der Waals surface area (Å²) in [5.74, 6) is 0.675. The molecular weight excluding hydrogens is 487 g/mol. The van der Waals surface area contributed by atoms with Crippen molar-refractivity contribution in [2.75, 3.05) is 13.1 Å². The zero-order chi connectivity index (χ0) is 24.7. The van der Waals surface area contributed by atoms with Crippen LogP contribution in [0, 0.1) is 0 Å². The van der Waals surface area contributed by atoms with Crippen molar-refractivity contribution in [3.63, 3.8) is 0 Å². The maximum Gasteiger partial charge on any atom is 0.284 e. The van der Waals surface area contributed by atoms with E-state index in [1.807, 2.05) is 26.0 Å². The highest BCUT2D eigenvalue weighted by molar-refractivity contribution is 6.37. The number of H-pyrrole nitrogens is 1. The van der Waals surface area contributed by atoms with Crippen molar-refractivity contribution in [2.45, 2.75) is 45.6 Å². The van der Waals surface area contributed by atoms with Crippen LogP contribution in [-0.4, -0.2) is 47.8 Å². The number of nitrogens with one attached hydrogen (secondary N) is 1. The number of aromatic hydroxyl groups is 1. The molecule has 182 valence electrons. The average Bonchev–Trinajstić information content (AvgIpc) is 3.48. The van der Waals surface area contributed by atoms with E-state index in [-0.39, 0.29) is 23.6 Å². The normalized spacial score (nSPS) is 14.4. The first-order chi connectivity index (χ1) is 16.8. The Morgan fingerprint density at radius 2 is 1.86 bits per heavy atom. The van der Waals surface area contributed by atoms with E-state index < -0.39 is 0 Å². The van der Waals surface area contributed by atoms with Crippen molar-refractivity contribution >= 4 is 34.2 Å². The Morgan fingerprint density at radius 1 is 1.14 bits per heavy atom. The topological polar surface area (TPSA) is 99.9 Å². The van der Waals surface area contributed by atoms with Gasteiger partial charge in [-0.05, 0) is 43.5 Å². The summed E-state index contributed by atoms with van der Waals surface area (Å²) >= 11 is 13.0. The molecule has 0 unspecified atom stereocenters. The van der Waals surface area contributed by atoms with E-state index >= 15 is 0 Å². The van der Waals surface area contributed by atoms with Gasteiger partial charge in [0.1, 0.15) is 17.0 Å². The predicted octanol–water partition coefficient (Wildman–Crippen LogP) is 4.83. The number of halogens is 2. The van der Waals surface area contributed by atoms with E-state index in [1.54, 1.807) is 10.6 Å². The van der Waals surface area contributed by atoms with Gasteiger partial charge in [0.05, 0.1) is 21.4 Å². The molecule has 0 spiro atoms. The number of benzene rings is 1. The van der Waals surface area contributed by atoms with Crippen LogP contribution in [0.5, 0.6) is 5.75 Å². The largest absolute Gasteiger partial charge is 0.508 e. The summed E-state index contributed by atoms with van der Waals surface area (Å²) < 4.78 is 1.71. The smallest absolute Gasteiger partial charge is 0.284 e. The third-order valence-corrected chi connectivity index (χ3v) is 6.98. The number of hydrogen-bond donors (Lipinski definition) is 2. The molecule has 4 aromatic rings. The van der Waals surface area contributed by atoms with E-state index in [9.17, 15) is 9.90 Å². The second kappa shape index (κ2) is 9.60. The molecule has 0 atom stereocenters. The molecule has 35 heavy (non-hydrogen) atoms. The first-order valence-corrected chi connectivity index (χ1v) is 12.4. The molecular formula is C25H26Cl2N6O2. The fraction of sp³-hybridized carbons (Fsp3) is 0.360. The predicted molar refractivity (Wildman–Crippen MR) is 137 cm³/mol. The van der Waals surface area contributed by atoms with Crippen LogP contribution in [0.3, 0.4) is 0 Å². The highest BCUT2D eigenvalue weighted by atomic mass is 35.5. The summed E-state index contributed by atoms with van der Waals surface area (Å²) in [6, 6.07) is 5.61. The first-order valence-electron chi connectivity index (χ1n) is 11.7. The van der Waals surface area contributed by atoms with Gasteiger partial charge < -0.3 is 5.11 Å². The second-order valence-electron chi connectivity index (χ2n) is 9.23. The van der Waals surface area contributed by atoms with Crippen molar-refractivity contribution in [3.8, 4) is 11.4 Å². The van der Waals surface area contributed by atoms with Crippen molar-refractivity contribution in [1.82, 2.24) is 29.6 Å². The monoisotopic (exact) mass is 512 g/mol. The van der Waals surface area contributed by atoms with Gasteiger partial charge >= 0.3 is 0 Å². The van der Waals surface area contributed by atoms with Gasteiger partial charge in [0.2, 0.25) is 0 Å². The van der Waals surface area contributed by atoms with Gasteiger partial charge in [0.25, 0.3) is 5.56 Å². The number of hydrogen-bond acceptors (Lipinski definition) is 6. The Hall–Kier alpha value is -2.94. The molecule has 4 heterocycles. The molecule has 0 aliphatic carbocycles. The number of aromatic amines is 1. The van der Waals surface area contributed by atoms with Crippen molar-refractivity contribution in [1.29, 1.82) is 0 Å². The quantitative estimate of drug-likeness (QED) is 0.383. The van der Waals surface area contributed by atoms with E-state index in [2.05, 4.69) is 25.1 Å². The molecule has 0 radical (unpaired) electrons. The number of rotatable bonds is 6. The highest BCUT2D eigenvalue weighted by Gasteiger charge is 2.23. The van der Waals surface area contributed by atoms with E-state index in [1.165, 1.54) is 25.2 Å². The molecule has 1 aromatic carbocycles. The minimum atomic E-state index is -0.375. The van der Waals surface area contributed by atoms with Crippen LogP contribution in [0.1, 0.15) is 55.3 Å². The SMILES string of the molecule is CC(C)c1[nH]nc2c1c(=O)nc(Cc1ccc(CN3CCCC3)c(O)c1)n2-c1c(Cl)cncc1Cl. The molecule has 2 N–H and O–H groups in total. The number of phenolic OH excluding ortho intramolecular Hbond substituents is 1. The summed E-state index contributed by atoms with van der Waals surface area (Å²) in [4.78, 5) is 23.9. The molecule has 1 saturated heterocycles. The van der Waals surface area contributed by atoms with Gasteiger partial charge in [0, 0.05) is 30.9 Å². The summed E-state index contributed by atoms with van der Waals surface area (Å²) in [6.45, 7) is 6.77.